The van der Waals surface area contributed by atoms with Crippen molar-refractivity contribution in [2.75, 3.05) is 6.54 Å². The lowest BCUT2D eigenvalue weighted by atomic mass is 10.2. The number of rotatable bonds is 7. The van der Waals surface area contributed by atoms with Crippen LogP contribution < -0.4 is 0 Å². The molecule has 0 aromatic carbocycles. The number of thiophene rings is 1. The molecule has 20 heavy (non-hydrogen) atoms. The minimum absolute atomic E-state index is 0.0750. The maximum Gasteiger partial charge on any atom is 0.304 e. The third-order valence-corrected chi connectivity index (χ3v) is 3.77. The van der Waals surface area contributed by atoms with Crippen molar-refractivity contribution < 1.29 is 14.4 Å². The molecule has 0 spiro atoms. The largest absolute Gasteiger partial charge is 0.481 e. The number of carboxylic acids is 1. The Morgan fingerprint density at radius 3 is 3.00 bits per heavy atom. The summed E-state index contributed by atoms with van der Waals surface area (Å²) in [4.78, 5) is 17.1. The first-order valence-corrected chi connectivity index (χ1v) is 7.35. The summed E-state index contributed by atoms with van der Waals surface area (Å²) in [5, 5.41) is 16.7. The maximum atomic E-state index is 10.8. The van der Waals surface area contributed by atoms with Crippen LogP contribution in [0.4, 0.5) is 0 Å². The summed E-state index contributed by atoms with van der Waals surface area (Å²) in [5.74, 6) is 0.272. The van der Waals surface area contributed by atoms with E-state index in [2.05, 4.69) is 10.1 Å². The molecule has 0 radical (unpaired) electrons. The highest BCUT2D eigenvalue weighted by Crippen LogP contribution is 2.19. The molecule has 0 aliphatic rings. The molecule has 1 unspecified atom stereocenters. The van der Waals surface area contributed by atoms with Crippen LogP contribution in [0.2, 0.25) is 0 Å². The number of hydrogen-bond donors (Lipinski definition) is 1. The van der Waals surface area contributed by atoms with Crippen molar-refractivity contribution >= 4 is 17.3 Å². The zero-order valence-electron chi connectivity index (χ0n) is 11.4. The van der Waals surface area contributed by atoms with Crippen molar-refractivity contribution in [2.24, 2.45) is 0 Å². The minimum Gasteiger partial charge on any atom is -0.481 e. The molecular weight excluding hydrogens is 278 g/mol. The first kappa shape index (κ1) is 14.7. The number of nitrogens with zero attached hydrogens (tertiary/aromatic N) is 3. The summed E-state index contributed by atoms with van der Waals surface area (Å²) in [6, 6.07) is 1.86. The molecule has 0 fully saturated rings. The van der Waals surface area contributed by atoms with E-state index in [1.807, 2.05) is 35.6 Å². The zero-order valence-corrected chi connectivity index (χ0v) is 12.3. The number of aromatic nitrogens is 2. The van der Waals surface area contributed by atoms with Gasteiger partial charge in [0.2, 0.25) is 11.7 Å². The lowest BCUT2D eigenvalue weighted by Gasteiger charge is -2.24. The van der Waals surface area contributed by atoms with Crippen LogP contribution in [0, 0.1) is 0 Å². The van der Waals surface area contributed by atoms with Gasteiger partial charge in [0.1, 0.15) is 0 Å². The summed E-state index contributed by atoms with van der Waals surface area (Å²) in [6.45, 7) is 5.05. The summed E-state index contributed by atoms with van der Waals surface area (Å²) < 4.78 is 5.23. The van der Waals surface area contributed by atoms with Crippen molar-refractivity contribution in [2.45, 2.75) is 32.9 Å². The molecule has 0 saturated heterocycles. The monoisotopic (exact) mass is 295 g/mol. The summed E-state index contributed by atoms with van der Waals surface area (Å²) in [7, 11) is 0. The van der Waals surface area contributed by atoms with Gasteiger partial charge >= 0.3 is 5.97 Å². The number of hydrogen-bond acceptors (Lipinski definition) is 6. The molecule has 1 atom stereocenters. The molecule has 2 aromatic rings. The van der Waals surface area contributed by atoms with Crippen molar-refractivity contribution in [3.05, 3.63) is 22.7 Å². The van der Waals surface area contributed by atoms with Crippen molar-refractivity contribution in [1.82, 2.24) is 15.0 Å². The third-order valence-electron chi connectivity index (χ3n) is 3.09. The molecule has 0 saturated carbocycles. The van der Waals surface area contributed by atoms with Crippen LogP contribution in [0.15, 0.2) is 21.3 Å². The van der Waals surface area contributed by atoms with E-state index in [0.29, 0.717) is 18.3 Å². The Kier molecular flexibility index (Phi) is 4.86. The second-order valence-corrected chi connectivity index (χ2v) is 5.31. The average molecular weight is 295 g/mol. The maximum absolute atomic E-state index is 10.8. The van der Waals surface area contributed by atoms with Gasteiger partial charge in [-0.05, 0) is 24.9 Å². The van der Waals surface area contributed by atoms with E-state index in [-0.39, 0.29) is 12.5 Å². The molecule has 0 bridgehead atoms. The van der Waals surface area contributed by atoms with E-state index in [1.54, 1.807) is 11.3 Å². The van der Waals surface area contributed by atoms with Crippen LogP contribution in [-0.2, 0) is 11.3 Å². The Morgan fingerprint density at radius 2 is 2.40 bits per heavy atom. The van der Waals surface area contributed by atoms with Crippen molar-refractivity contribution in [3.63, 3.8) is 0 Å². The van der Waals surface area contributed by atoms with E-state index in [9.17, 15) is 4.79 Å². The summed E-state index contributed by atoms with van der Waals surface area (Å²) in [6.07, 6.45) is 0.0966. The standard InChI is InChI=1S/C13H17N3O3S/c1-3-16(9(2)6-12(17)18)7-11-14-13(15-19-11)10-4-5-20-8-10/h4-5,8-9H,3,6-7H2,1-2H3,(H,17,18). The molecule has 2 rings (SSSR count). The van der Waals surface area contributed by atoms with Crippen molar-refractivity contribution in [1.29, 1.82) is 0 Å². The van der Waals surface area contributed by atoms with Crippen molar-refractivity contribution in [3.8, 4) is 11.4 Å². The molecule has 2 aromatic heterocycles. The summed E-state index contributed by atoms with van der Waals surface area (Å²) in [5.41, 5.74) is 0.937. The Labute approximate surface area is 121 Å². The van der Waals surface area contributed by atoms with E-state index in [4.69, 9.17) is 9.63 Å². The Balaban J connectivity index is 2.03. The average Bonchev–Trinajstić information content (AvgIpc) is 3.05. The van der Waals surface area contributed by atoms with Gasteiger partial charge in [-0.15, -0.1) is 0 Å². The Bertz CT molecular complexity index is 553. The molecule has 6 nitrogen and oxygen atoms in total. The number of carbonyl (C=O) groups is 1. The predicted molar refractivity (Wildman–Crippen MR) is 75.4 cm³/mol. The molecule has 0 aliphatic carbocycles. The summed E-state index contributed by atoms with van der Waals surface area (Å²) >= 11 is 1.58. The highest BCUT2D eigenvalue weighted by atomic mass is 32.1. The van der Waals surface area contributed by atoms with Crippen LogP contribution in [0.3, 0.4) is 0 Å². The first-order chi connectivity index (χ1) is 9.60. The lowest BCUT2D eigenvalue weighted by Crippen LogP contribution is -2.34. The van der Waals surface area contributed by atoms with E-state index >= 15 is 0 Å². The smallest absolute Gasteiger partial charge is 0.304 e. The van der Waals surface area contributed by atoms with Crippen LogP contribution >= 0.6 is 11.3 Å². The van der Waals surface area contributed by atoms with Gasteiger partial charge in [0, 0.05) is 17.0 Å². The van der Waals surface area contributed by atoms with Gasteiger partial charge in [-0.2, -0.15) is 16.3 Å². The number of carboxylic acid groups (broad SMARTS) is 1. The van der Waals surface area contributed by atoms with Crippen LogP contribution in [0.25, 0.3) is 11.4 Å². The fourth-order valence-corrected chi connectivity index (χ4v) is 2.60. The van der Waals surface area contributed by atoms with E-state index in [1.165, 1.54) is 0 Å². The van der Waals surface area contributed by atoms with Gasteiger partial charge in [-0.1, -0.05) is 12.1 Å². The topological polar surface area (TPSA) is 79.5 Å². The second kappa shape index (κ2) is 6.62. The highest BCUT2D eigenvalue weighted by molar-refractivity contribution is 7.08. The molecule has 108 valence electrons. The molecule has 2 heterocycles. The quantitative estimate of drug-likeness (QED) is 0.845. The minimum atomic E-state index is -0.805. The first-order valence-electron chi connectivity index (χ1n) is 6.41. The van der Waals surface area contributed by atoms with Crippen LogP contribution in [-0.4, -0.2) is 38.7 Å². The van der Waals surface area contributed by atoms with E-state index in [0.717, 1.165) is 12.1 Å². The predicted octanol–water partition coefficient (Wildman–Crippen LogP) is 2.48. The molecule has 0 amide bonds. The Hall–Kier alpha value is -1.73. The van der Waals surface area contributed by atoms with Gasteiger partial charge < -0.3 is 9.63 Å². The van der Waals surface area contributed by atoms with Crippen LogP contribution in [0.1, 0.15) is 26.2 Å². The lowest BCUT2D eigenvalue weighted by molar-refractivity contribution is -0.138. The van der Waals surface area contributed by atoms with Gasteiger partial charge in [-0.25, -0.2) is 0 Å². The normalized spacial score (nSPS) is 12.8. The number of aliphatic carboxylic acids is 1. The van der Waals surface area contributed by atoms with Crippen LogP contribution in [0.5, 0.6) is 0 Å². The fraction of sp³-hybridized carbons (Fsp3) is 0.462. The van der Waals surface area contributed by atoms with E-state index < -0.39 is 5.97 Å². The Morgan fingerprint density at radius 1 is 1.60 bits per heavy atom. The molecular formula is C13H17N3O3S. The molecule has 7 heteroatoms. The van der Waals surface area contributed by atoms with Gasteiger partial charge in [0.25, 0.3) is 0 Å². The molecule has 0 aliphatic heterocycles. The fourth-order valence-electron chi connectivity index (χ4n) is 1.96. The SMILES string of the molecule is CCN(Cc1nc(-c2ccsc2)no1)C(C)CC(=O)O. The zero-order chi connectivity index (χ0) is 14.5. The van der Waals surface area contributed by atoms with Gasteiger partial charge in [0.05, 0.1) is 13.0 Å². The second-order valence-electron chi connectivity index (χ2n) is 4.53. The molecule has 1 N–H and O–H groups in total. The highest BCUT2D eigenvalue weighted by Gasteiger charge is 2.19. The van der Waals surface area contributed by atoms with Gasteiger partial charge in [0.15, 0.2) is 0 Å². The third kappa shape index (κ3) is 3.64. The van der Waals surface area contributed by atoms with Gasteiger partial charge in [-0.3, -0.25) is 9.69 Å².